The molecule has 1 saturated heterocycles. The predicted molar refractivity (Wildman–Crippen MR) is 144 cm³/mol. The van der Waals surface area contributed by atoms with E-state index in [1.165, 1.54) is 0 Å². The Morgan fingerprint density at radius 2 is 2.05 bits per heavy atom. The van der Waals surface area contributed by atoms with E-state index in [2.05, 4.69) is 25.0 Å². The molecule has 7 rings (SSSR count). The first kappa shape index (κ1) is 24.2. The summed E-state index contributed by atoms with van der Waals surface area (Å²) < 4.78 is 3.29. The molecule has 2 fully saturated rings. The van der Waals surface area contributed by atoms with Crippen LogP contribution in [-0.2, 0) is 0 Å². The normalized spacial score (nSPS) is 18.7. The second-order valence-electron chi connectivity index (χ2n) is 10.5. The molecule has 0 spiro atoms. The maximum atomic E-state index is 13.2. The third-order valence-electron chi connectivity index (χ3n) is 7.44. The molecule has 14 nitrogen and oxygen atoms in total. The summed E-state index contributed by atoms with van der Waals surface area (Å²) in [6, 6.07) is 6.00. The summed E-state index contributed by atoms with van der Waals surface area (Å²) in [6.45, 7) is 1.44. The number of aromatic nitrogens is 8. The molecule has 1 unspecified atom stereocenters. The Hall–Kier alpha value is -4.85. The first-order chi connectivity index (χ1) is 19.3. The highest BCUT2D eigenvalue weighted by Crippen LogP contribution is 2.23. The molecule has 40 heavy (non-hydrogen) atoms. The lowest BCUT2D eigenvalue weighted by molar-refractivity contribution is 0.0783. The van der Waals surface area contributed by atoms with Crippen LogP contribution < -0.4 is 16.5 Å². The van der Waals surface area contributed by atoms with Gasteiger partial charge in [-0.2, -0.15) is 19.6 Å². The molecule has 1 aliphatic carbocycles. The Morgan fingerprint density at radius 3 is 2.77 bits per heavy atom. The van der Waals surface area contributed by atoms with Crippen molar-refractivity contribution in [1.82, 2.24) is 48.9 Å². The van der Waals surface area contributed by atoms with E-state index in [0.29, 0.717) is 46.1 Å². The van der Waals surface area contributed by atoms with Gasteiger partial charge in [0.25, 0.3) is 11.5 Å². The summed E-state index contributed by atoms with van der Waals surface area (Å²) >= 11 is 0. The first-order valence-corrected chi connectivity index (χ1v) is 13.1. The van der Waals surface area contributed by atoms with Crippen molar-refractivity contribution in [3.8, 4) is 11.8 Å². The molecule has 1 atom stereocenters. The van der Waals surface area contributed by atoms with Crippen LogP contribution >= 0.6 is 0 Å². The van der Waals surface area contributed by atoms with Gasteiger partial charge in [-0.25, -0.2) is 14.8 Å². The summed E-state index contributed by atoms with van der Waals surface area (Å²) in [5, 5.41) is 15.0. The zero-order valence-electron chi connectivity index (χ0n) is 21.9. The van der Waals surface area contributed by atoms with Crippen LogP contribution in [0.1, 0.15) is 35.3 Å². The number of nitrogens with zero attached hydrogens (tertiary/aromatic N) is 9. The van der Waals surface area contributed by atoms with Crippen LogP contribution in [0.25, 0.3) is 28.7 Å². The molecule has 1 aromatic carbocycles. The topological polar surface area (TPSA) is 166 Å². The minimum absolute atomic E-state index is 0.00511. The number of likely N-dealkylation sites (tertiary alicyclic amines) is 1. The Balaban J connectivity index is 1.31. The standard InChI is InChI=1S/C26H27N11O3/c1-34(2)17-7-8-35(12-17)23(39)14-3-6-20-18(9-14)27-13-36(20)24-31-21-15(10-19-22(38)32-26(40)30-19)11-28-37(21)25(33-24)29-16-4-5-16/h3,6,9-11,13,16-17,38H,4-5,7-8,12H2,1-2H3,(H2,30,32,40). The Morgan fingerprint density at radius 1 is 1.20 bits per heavy atom. The number of amides is 1. The van der Waals surface area contributed by atoms with Crippen LogP contribution in [0.5, 0.6) is 5.88 Å². The summed E-state index contributed by atoms with van der Waals surface area (Å²) in [5.74, 6) is 0.0527. The molecule has 5 heterocycles. The second kappa shape index (κ2) is 9.12. The van der Waals surface area contributed by atoms with Gasteiger partial charge in [-0.05, 0) is 57.6 Å². The van der Waals surface area contributed by atoms with Gasteiger partial charge < -0.3 is 19.9 Å². The van der Waals surface area contributed by atoms with Crippen LogP contribution in [0.4, 0.5) is 0 Å². The molecular formula is C26H27N11O3. The van der Waals surface area contributed by atoms with Crippen LogP contribution in [0, 0.1) is 0 Å². The number of hydrogen-bond donors (Lipinski definition) is 3. The van der Waals surface area contributed by atoms with Gasteiger partial charge in [-0.3, -0.25) is 14.3 Å². The van der Waals surface area contributed by atoms with Crippen LogP contribution in [-0.4, -0.2) is 99.2 Å². The number of H-pyrrole nitrogens is 2. The predicted octanol–water partition coefficient (Wildman–Crippen LogP) is -0.428. The molecule has 1 aliphatic heterocycles. The maximum Gasteiger partial charge on any atom is 0.326 e. The van der Waals surface area contributed by atoms with Gasteiger partial charge >= 0.3 is 5.69 Å². The fraction of sp³-hybridized carbons (Fsp3) is 0.346. The van der Waals surface area contributed by atoms with Gasteiger partial charge in [0.15, 0.2) is 5.65 Å². The molecule has 5 aromatic rings. The minimum Gasteiger partial charge on any atom is -0.493 e. The zero-order valence-corrected chi connectivity index (χ0v) is 21.9. The van der Waals surface area contributed by atoms with Crippen LogP contribution in [0.15, 0.2) is 40.5 Å². The highest BCUT2D eigenvalue weighted by atomic mass is 16.3. The summed E-state index contributed by atoms with van der Waals surface area (Å²) in [4.78, 5) is 52.4. The van der Waals surface area contributed by atoms with E-state index in [-0.39, 0.29) is 23.5 Å². The number of likely N-dealkylation sites (N-methyl/N-ethyl adjacent to an activating group) is 1. The second-order valence-corrected chi connectivity index (χ2v) is 10.5. The van der Waals surface area contributed by atoms with E-state index in [4.69, 9.17) is 15.0 Å². The Kier molecular flexibility index (Phi) is 5.52. The number of aromatic hydroxyl groups is 1. The molecule has 2 aliphatic rings. The maximum absolute atomic E-state index is 13.2. The molecule has 1 saturated carbocycles. The lowest BCUT2D eigenvalue weighted by atomic mass is 10.1. The van der Waals surface area contributed by atoms with Gasteiger partial charge in [0.05, 0.1) is 23.3 Å². The number of hydrogen-bond acceptors (Lipinski definition) is 9. The number of benzene rings is 1. The third-order valence-corrected chi connectivity index (χ3v) is 7.44. The molecule has 204 valence electrons. The van der Waals surface area contributed by atoms with Crippen molar-refractivity contribution in [2.45, 2.75) is 31.3 Å². The van der Waals surface area contributed by atoms with Crippen molar-refractivity contribution in [3.05, 3.63) is 63.3 Å². The molecule has 4 aromatic heterocycles. The lowest BCUT2D eigenvalue weighted by Crippen LogP contribution is -2.34. The van der Waals surface area contributed by atoms with Crippen molar-refractivity contribution >= 4 is 28.7 Å². The van der Waals surface area contributed by atoms with E-state index in [1.807, 2.05) is 31.1 Å². The first-order valence-electron chi connectivity index (χ1n) is 13.1. The van der Waals surface area contributed by atoms with Crippen LogP contribution in [0.3, 0.4) is 0 Å². The average molecular weight is 542 g/mol. The van der Waals surface area contributed by atoms with Crippen molar-refractivity contribution < 1.29 is 9.90 Å². The molecule has 0 radical (unpaired) electrons. The SMILES string of the molecule is CN(C)C1CCN(C(=O)c2ccc3c(c2)ncn3-c2nc(=NC3CC3)n3ncc(=Cc4[nH]c(=O)[nH]c4O)c3n2)C1. The Bertz CT molecular complexity index is 1960. The number of carbonyl (C=O) groups is 1. The number of aromatic amines is 2. The van der Waals surface area contributed by atoms with Gasteiger partial charge in [0, 0.05) is 29.9 Å². The number of carbonyl (C=O) groups excluding carboxylic acids is 1. The molecule has 1 amide bonds. The van der Waals surface area contributed by atoms with E-state index in [9.17, 15) is 14.7 Å². The van der Waals surface area contributed by atoms with Gasteiger partial charge in [-0.1, -0.05) is 0 Å². The highest BCUT2D eigenvalue weighted by Gasteiger charge is 2.28. The minimum atomic E-state index is -0.523. The van der Waals surface area contributed by atoms with Crippen LogP contribution in [0.2, 0.25) is 0 Å². The fourth-order valence-corrected chi connectivity index (χ4v) is 5.01. The van der Waals surface area contributed by atoms with Crippen molar-refractivity contribution in [2.24, 2.45) is 4.99 Å². The van der Waals surface area contributed by atoms with Gasteiger partial charge in [0.1, 0.15) is 12.0 Å². The monoisotopic (exact) mass is 541 g/mol. The van der Waals surface area contributed by atoms with Gasteiger partial charge in [-0.15, -0.1) is 0 Å². The smallest absolute Gasteiger partial charge is 0.326 e. The largest absolute Gasteiger partial charge is 0.493 e. The zero-order chi connectivity index (χ0) is 27.5. The van der Waals surface area contributed by atoms with Crippen molar-refractivity contribution in [1.29, 1.82) is 0 Å². The number of rotatable bonds is 5. The summed E-state index contributed by atoms with van der Waals surface area (Å²) in [5.41, 5.74) is 2.50. The van der Waals surface area contributed by atoms with E-state index < -0.39 is 5.69 Å². The van der Waals surface area contributed by atoms with E-state index in [1.54, 1.807) is 33.7 Å². The summed E-state index contributed by atoms with van der Waals surface area (Å²) in [7, 11) is 4.08. The molecule has 14 heteroatoms. The Labute approximate surface area is 226 Å². The number of imidazole rings is 2. The van der Waals surface area contributed by atoms with Crippen molar-refractivity contribution in [2.75, 3.05) is 27.2 Å². The van der Waals surface area contributed by atoms with Crippen molar-refractivity contribution in [3.63, 3.8) is 0 Å². The quantitative estimate of drug-likeness (QED) is 0.270. The number of nitrogens with one attached hydrogen (secondary N) is 2. The molecule has 0 bridgehead atoms. The summed E-state index contributed by atoms with van der Waals surface area (Å²) in [6.07, 6.45) is 7.70. The third kappa shape index (κ3) is 4.22. The van der Waals surface area contributed by atoms with E-state index >= 15 is 0 Å². The number of fused-ring (bicyclic) bond motifs is 2. The lowest BCUT2D eigenvalue weighted by Gasteiger charge is -2.20. The molecule has 3 N–H and O–H groups in total. The van der Waals surface area contributed by atoms with E-state index in [0.717, 1.165) is 31.3 Å². The average Bonchev–Trinajstić information content (AvgIpc) is 3.30. The fourth-order valence-electron chi connectivity index (χ4n) is 5.01. The highest BCUT2D eigenvalue weighted by molar-refractivity contribution is 5.97. The van der Waals surface area contributed by atoms with Gasteiger partial charge in [0.2, 0.25) is 11.8 Å². The molecular weight excluding hydrogens is 514 g/mol.